The molecule has 3 nitrogen and oxygen atoms in total. The Morgan fingerprint density at radius 2 is 2.17 bits per heavy atom. The van der Waals surface area contributed by atoms with Gasteiger partial charge in [0.2, 0.25) is 0 Å². The summed E-state index contributed by atoms with van der Waals surface area (Å²) in [5, 5.41) is 0.434. The van der Waals surface area contributed by atoms with Crippen molar-refractivity contribution in [2.75, 3.05) is 23.8 Å². The van der Waals surface area contributed by atoms with Crippen molar-refractivity contribution in [3.63, 3.8) is 0 Å². The highest BCUT2D eigenvalue weighted by Crippen LogP contribution is 2.29. The van der Waals surface area contributed by atoms with Crippen LogP contribution in [0.25, 0.3) is 0 Å². The van der Waals surface area contributed by atoms with Gasteiger partial charge in [-0.05, 0) is 30.1 Å². The van der Waals surface area contributed by atoms with E-state index in [4.69, 9.17) is 33.7 Å². The van der Waals surface area contributed by atoms with E-state index in [0.29, 0.717) is 12.3 Å². The van der Waals surface area contributed by atoms with Crippen LogP contribution in [0.3, 0.4) is 0 Å². The molecule has 1 aromatic carbocycles. The Morgan fingerprint density at radius 3 is 2.83 bits per heavy atom. The first-order valence-corrected chi connectivity index (χ1v) is 7.46. The minimum absolute atomic E-state index is 0.179. The quantitative estimate of drug-likeness (QED) is 0.492. The Morgan fingerprint density at radius 1 is 1.44 bits per heavy atom. The Hall–Kier alpha value is -0.580. The summed E-state index contributed by atoms with van der Waals surface area (Å²) < 4.78 is 5.11. The minimum atomic E-state index is -0.490. The van der Waals surface area contributed by atoms with Gasteiger partial charge in [0.05, 0.1) is 22.2 Å². The summed E-state index contributed by atoms with van der Waals surface area (Å²) in [5.41, 5.74) is 6.21. The van der Waals surface area contributed by atoms with Gasteiger partial charge in [-0.2, -0.15) is 11.8 Å². The summed E-state index contributed by atoms with van der Waals surface area (Å²) in [6.07, 6.45) is 0.817. The van der Waals surface area contributed by atoms with Crippen LogP contribution in [-0.2, 0) is 4.74 Å². The Labute approximate surface area is 121 Å². The zero-order valence-corrected chi connectivity index (χ0v) is 12.4. The molecule has 0 atom stereocenters. The molecular weight excluding hydrogens is 293 g/mol. The largest absolute Gasteiger partial charge is 0.462 e. The molecule has 0 fully saturated rings. The lowest BCUT2D eigenvalue weighted by molar-refractivity contribution is 0.0506. The third kappa shape index (κ3) is 4.59. The molecule has 0 saturated heterocycles. The monoisotopic (exact) mass is 307 g/mol. The molecule has 0 bridgehead atoms. The van der Waals surface area contributed by atoms with Crippen LogP contribution < -0.4 is 5.73 Å². The molecular formula is C12H15Cl2NO2S. The van der Waals surface area contributed by atoms with E-state index >= 15 is 0 Å². The number of nitrogen functional groups attached to an aromatic ring is 1. The molecule has 0 aliphatic carbocycles. The fourth-order valence-corrected chi connectivity index (χ4v) is 2.33. The van der Waals surface area contributed by atoms with Crippen molar-refractivity contribution in [2.45, 2.75) is 13.3 Å². The number of anilines is 1. The number of thioether (sulfide) groups is 1. The maximum Gasteiger partial charge on any atom is 0.339 e. The fourth-order valence-electron chi connectivity index (χ4n) is 1.31. The Bertz CT molecular complexity index is 427. The lowest BCUT2D eigenvalue weighted by Gasteiger charge is -2.08. The second-order valence-electron chi connectivity index (χ2n) is 3.55. The maximum absolute atomic E-state index is 11.8. The van der Waals surface area contributed by atoms with Gasteiger partial charge in [-0.25, -0.2) is 4.79 Å². The van der Waals surface area contributed by atoms with Crippen molar-refractivity contribution in [3.05, 3.63) is 27.7 Å². The van der Waals surface area contributed by atoms with Gasteiger partial charge < -0.3 is 10.5 Å². The number of rotatable bonds is 6. The van der Waals surface area contributed by atoms with Crippen LogP contribution in [0.1, 0.15) is 23.7 Å². The summed E-state index contributed by atoms with van der Waals surface area (Å²) in [6, 6.07) is 2.97. The Balaban J connectivity index is 2.56. The number of esters is 1. The standard InChI is InChI=1S/C12H15Cl2NO2S/c1-2-18-5-3-4-17-12(16)9-6-8(15)7-10(13)11(9)14/h6-7H,2-5,15H2,1H3. The molecule has 0 aliphatic heterocycles. The van der Waals surface area contributed by atoms with Crippen molar-refractivity contribution in [3.8, 4) is 0 Å². The number of carbonyl (C=O) groups is 1. The van der Waals surface area contributed by atoms with Crippen LogP contribution in [0.4, 0.5) is 5.69 Å². The molecule has 6 heteroatoms. The molecule has 1 aromatic rings. The van der Waals surface area contributed by atoms with Gasteiger partial charge in [0.1, 0.15) is 0 Å². The zero-order valence-electron chi connectivity index (χ0n) is 10.0. The molecule has 0 amide bonds. The smallest absolute Gasteiger partial charge is 0.339 e. The van der Waals surface area contributed by atoms with Crippen LogP contribution in [0.15, 0.2) is 12.1 Å². The van der Waals surface area contributed by atoms with Crippen LogP contribution >= 0.6 is 35.0 Å². The third-order valence-corrected chi connectivity index (χ3v) is 3.93. The van der Waals surface area contributed by atoms with Gasteiger partial charge in [-0.15, -0.1) is 0 Å². The average molecular weight is 308 g/mol. The van der Waals surface area contributed by atoms with Crippen LogP contribution in [0, 0.1) is 0 Å². The molecule has 0 saturated carbocycles. The normalized spacial score (nSPS) is 10.4. The van der Waals surface area contributed by atoms with E-state index in [1.165, 1.54) is 12.1 Å². The number of benzene rings is 1. The molecule has 100 valence electrons. The maximum atomic E-state index is 11.8. The second-order valence-corrected chi connectivity index (χ2v) is 5.73. The first kappa shape index (κ1) is 15.5. The molecule has 0 heterocycles. The number of halogens is 2. The lowest BCUT2D eigenvalue weighted by Crippen LogP contribution is -2.08. The molecule has 0 unspecified atom stereocenters. The van der Waals surface area contributed by atoms with Crippen LogP contribution in [0.2, 0.25) is 10.0 Å². The highest BCUT2D eigenvalue weighted by atomic mass is 35.5. The van der Waals surface area contributed by atoms with E-state index < -0.39 is 5.97 Å². The second kappa shape index (κ2) is 7.77. The highest BCUT2D eigenvalue weighted by Gasteiger charge is 2.15. The van der Waals surface area contributed by atoms with Crippen LogP contribution in [0.5, 0.6) is 0 Å². The molecule has 0 aliphatic rings. The van der Waals surface area contributed by atoms with Crippen molar-refractivity contribution in [2.24, 2.45) is 0 Å². The zero-order chi connectivity index (χ0) is 13.5. The van der Waals surface area contributed by atoms with Crippen LogP contribution in [-0.4, -0.2) is 24.1 Å². The predicted octanol–water partition coefficient (Wildman–Crippen LogP) is 3.88. The number of carbonyl (C=O) groups excluding carboxylic acids is 1. The SMILES string of the molecule is CCSCCCOC(=O)c1cc(N)cc(Cl)c1Cl. The first-order chi connectivity index (χ1) is 8.56. The molecule has 1 rings (SSSR count). The number of nitrogens with two attached hydrogens (primary N) is 1. The predicted molar refractivity (Wildman–Crippen MR) is 78.8 cm³/mol. The van der Waals surface area contributed by atoms with E-state index in [1.807, 2.05) is 0 Å². The molecule has 2 N–H and O–H groups in total. The molecule has 0 aromatic heterocycles. The van der Waals surface area contributed by atoms with Gasteiger partial charge in [0.15, 0.2) is 0 Å². The van der Waals surface area contributed by atoms with E-state index in [0.717, 1.165) is 17.9 Å². The topological polar surface area (TPSA) is 52.3 Å². The van der Waals surface area contributed by atoms with E-state index in [2.05, 4.69) is 6.92 Å². The summed E-state index contributed by atoms with van der Waals surface area (Å²) in [7, 11) is 0. The van der Waals surface area contributed by atoms with Crippen molar-refractivity contribution in [1.29, 1.82) is 0 Å². The van der Waals surface area contributed by atoms with E-state index in [9.17, 15) is 4.79 Å². The highest BCUT2D eigenvalue weighted by molar-refractivity contribution is 7.99. The summed E-state index contributed by atoms with van der Waals surface area (Å²) in [6.45, 7) is 2.46. The van der Waals surface area contributed by atoms with Gasteiger partial charge in [0, 0.05) is 5.69 Å². The Kier molecular flexibility index (Phi) is 6.68. The molecule has 0 radical (unpaired) electrons. The number of hydrogen-bond acceptors (Lipinski definition) is 4. The minimum Gasteiger partial charge on any atom is -0.462 e. The fraction of sp³-hybridized carbons (Fsp3) is 0.417. The number of ether oxygens (including phenoxy) is 1. The third-order valence-electron chi connectivity index (χ3n) is 2.14. The van der Waals surface area contributed by atoms with Crippen molar-refractivity contribution >= 4 is 46.6 Å². The summed E-state index contributed by atoms with van der Waals surface area (Å²) >= 11 is 13.6. The summed E-state index contributed by atoms with van der Waals surface area (Å²) in [5.74, 6) is 1.54. The summed E-state index contributed by atoms with van der Waals surface area (Å²) in [4.78, 5) is 11.8. The van der Waals surface area contributed by atoms with E-state index in [-0.39, 0.29) is 15.6 Å². The van der Waals surface area contributed by atoms with Gasteiger partial charge in [0.25, 0.3) is 0 Å². The number of hydrogen-bond donors (Lipinski definition) is 1. The van der Waals surface area contributed by atoms with E-state index in [1.54, 1.807) is 11.8 Å². The lowest BCUT2D eigenvalue weighted by atomic mass is 10.2. The molecule has 0 spiro atoms. The van der Waals surface area contributed by atoms with Crippen molar-refractivity contribution in [1.82, 2.24) is 0 Å². The van der Waals surface area contributed by atoms with Gasteiger partial charge >= 0.3 is 5.97 Å². The van der Waals surface area contributed by atoms with Gasteiger partial charge in [-0.1, -0.05) is 30.1 Å². The first-order valence-electron chi connectivity index (χ1n) is 5.55. The molecule has 18 heavy (non-hydrogen) atoms. The average Bonchev–Trinajstić information content (AvgIpc) is 2.33. The van der Waals surface area contributed by atoms with Gasteiger partial charge in [-0.3, -0.25) is 0 Å². The van der Waals surface area contributed by atoms with Crippen molar-refractivity contribution < 1.29 is 9.53 Å².